The predicted octanol–water partition coefficient (Wildman–Crippen LogP) is 9.16. The second-order valence-electron chi connectivity index (χ2n) is 20.7. The Kier molecular flexibility index (Phi) is 23.1. The number of methoxy groups -OCH3 is 4. The van der Waals surface area contributed by atoms with E-state index in [9.17, 15) is 24.6 Å². The smallest absolute Gasteiger partial charge is 0.222 e. The van der Waals surface area contributed by atoms with Gasteiger partial charge >= 0.3 is 0 Å². The third-order valence-electron chi connectivity index (χ3n) is 15.3. The van der Waals surface area contributed by atoms with Crippen LogP contribution in [-0.2, 0) is 35.1 Å². The third kappa shape index (κ3) is 15.8. The van der Waals surface area contributed by atoms with Gasteiger partial charge < -0.3 is 59.5 Å². The minimum Gasteiger partial charge on any atom is -0.497 e. The van der Waals surface area contributed by atoms with Crippen LogP contribution in [0.25, 0.3) is 0 Å². The average Bonchev–Trinajstić information content (AvgIpc) is 4.27. The van der Waals surface area contributed by atoms with Gasteiger partial charge in [-0.05, 0) is 127 Å². The Morgan fingerprint density at radius 3 is 1.11 bits per heavy atom. The summed E-state index contributed by atoms with van der Waals surface area (Å²) in [6.45, 7) is 3.86. The molecule has 3 amide bonds. The van der Waals surface area contributed by atoms with Crippen LogP contribution in [0.2, 0.25) is 0 Å². The van der Waals surface area contributed by atoms with Gasteiger partial charge in [-0.3, -0.25) is 14.4 Å². The van der Waals surface area contributed by atoms with Gasteiger partial charge in [-0.15, -0.1) is 0 Å². The van der Waals surface area contributed by atoms with Gasteiger partial charge in [0.05, 0.1) is 65.9 Å². The molecule has 0 saturated carbocycles. The zero-order valence-electron chi connectivity index (χ0n) is 47.7. The molecule has 432 valence electrons. The Morgan fingerprint density at radius 2 is 0.802 bits per heavy atom. The normalized spacial score (nSPS) is 17.0. The van der Waals surface area contributed by atoms with E-state index in [1.165, 1.54) is 6.92 Å². The Balaban J connectivity index is 0.000000234. The first-order valence-electron chi connectivity index (χ1n) is 28.3. The number of nitrogens with one attached hydrogen (secondary N) is 1. The summed E-state index contributed by atoms with van der Waals surface area (Å²) in [6, 6.07) is 51.1. The van der Waals surface area contributed by atoms with E-state index in [0.717, 1.165) is 94.9 Å². The van der Waals surface area contributed by atoms with Crippen molar-refractivity contribution in [3.63, 3.8) is 0 Å². The molecule has 15 heteroatoms. The quantitative estimate of drug-likeness (QED) is 0.0283. The molecule has 2 heterocycles. The van der Waals surface area contributed by atoms with Crippen LogP contribution in [0.3, 0.4) is 0 Å². The second-order valence-corrected chi connectivity index (χ2v) is 20.7. The number of unbranched alkanes of at least 4 members (excludes halogenated alkanes) is 4. The Labute approximate surface area is 478 Å². The van der Waals surface area contributed by atoms with E-state index in [1.807, 2.05) is 146 Å². The number of benzene rings is 6. The van der Waals surface area contributed by atoms with E-state index < -0.39 is 23.4 Å². The van der Waals surface area contributed by atoms with Crippen LogP contribution < -0.4 is 30.0 Å². The standard InChI is InChI=1S/C34H42N2O6.C32H40N2O5/c1-25(37)35-21-9-5-8-12-33(39)36-23-30(38)22-29(36)24-42-34(26-10-6-4-7-11-26,27-13-17-31(40-2)18-14-27)28-15-19-32(41-3)20-16-28;1-37-29-16-12-25(13-17-29)32(24-9-5-3-6-10-24,26-14-18-30(38-2)19-15-26)39-23-27-21-28(35)22-34(27)31(36)11-7-4-8-20-33/h4,6-7,10-11,13-20,29-30,38H,5,8-9,12,21-24H2,1-3H3,(H,35,37);3,5-6,9-10,12-19,27-28,35H,4,7-8,11,20-23,33H2,1-2H3/t29-,30+;27-,28+/m00/s1. The Hall–Kier alpha value is -7.27. The highest BCUT2D eigenvalue weighted by Gasteiger charge is 2.43. The lowest BCUT2D eigenvalue weighted by atomic mass is 9.80. The summed E-state index contributed by atoms with van der Waals surface area (Å²) in [6.07, 6.45) is 5.61. The fourth-order valence-electron chi connectivity index (χ4n) is 11.0. The highest BCUT2D eigenvalue weighted by Crippen LogP contribution is 2.44. The summed E-state index contributed by atoms with van der Waals surface area (Å²) in [4.78, 5) is 41.1. The molecule has 2 saturated heterocycles. The molecule has 0 bridgehead atoms. The van der Waals surface area contributed by atoms with Crippen molar-refractivity contribution in [2.75, 3.05) is 67.8 Å². The lowest BCUT2D eigenvalue weighted by molar-refractivity contribution is -0.135. The number of nitrogens with two attached hydrogens (primary N) is 1. The van der Waals surface area contributed by atoms with Crippen molar-refractivity contribution in [1.82, 2.24) is 15.1 Å². The molecule has 0 aromatic heterocycles. The van der Waals surface area contributed by atoms with E-state index in [2.05, 4.69) is 17.4 Å². The largest absolute Gasteiger partial charge is 0.497 e. The van der Waals surface area contributed by atoms with Crippen molar-refractivity contribution in [1.29, 1.82) is 0 Å². The summed E-state index contributed by atoms with van der Waals surface area (Å²) in [5.41, 5.74) is 9.22. The van der Waals surface area contributed by atoms with Crippen LogP contribution in [0.15, 0.2) is 158 Å². The lowest BCUT2D eigenvalue weighted by Crippen LogP contribution is -2.42. The number of ether oxygens (including phenoxy) is 6. The molecule has 6 aromatic carbocycles. The number of aliphatic hydroxyl groups is 2. The van der Waals surface area contributed by atoms with E-state index in [-0.39, 0.29) is 43.0 Å². The molecular formula is C66H82N4O11. The number of rotatable bonds is 27. The van der Waals surface area contributed by atoms with Gasteiger partial charge in [-0.1, -0.05) is 122 Å². The number of hydrogen-bond acceptors (Lipinski definition) is 12. The third-order valence-corrected chi connectivity index (χ3v) is 15.3. The van der Waals surface area contributed by atoms with Gasteiger partial charge in [0.15, 0.2) is 0 Å². The number of hydrogen-bond donors (Lipinski definition) is 4. The van der Waals surface area contributed by atoms with Gasteiger partial charge in [-0.25, -0.2) is 0 Å². The highest BCUT2D eigenvalue weighted by atomic mass is 16.5. The maximum absolute atomic E-state index is 13.3. The average molecular weight is 1110 g/mol. The van der Waals surface area contributed by atoms with Crippen LogP contribution >= 0.6 is 0 Å². The Bertz CT molecular complexity index is 2740. The molecular weight excluding hydrogens is 1020 g/mol. The fourth-order valence-corrected chi connectivity index (χ4v) is 11.0. The molecule has 5 N–H and O–H groups in total. The van der Waals surface area contributed by atoms with E-state index >= 15 is 0 Å². The molecule has 0 radical (unpaired) electrons. The minimum absolute atomic E-state index is 0.0129. The number of carbonyl (C=O) groups is 3. The monoisotopic (exact) mass is 1110 g/mol. The topological polar surface area (TPSA) is 192 Å². The number of carbonyl (C=O) groups excluding carboxylic acids is 3. The molecule has 2 aliphatic heterocycles. The molecule has 4 atom stereocenters. The van der Waals surface area contributed by atoms with Crippen LogP contribution in [0.4, 0.5) is 0 Å². The van der Waals surface area contributed by atoms with Gasteiger partial charge in [0.1, 0.15) is 34.2 Å². The van der Waals surface area contributed by atoms with Gasteiger partial charge in [0, 0.05) is 39.4 Å². The molecule has 15 nitrogen and oxygen atoms in total. The molecule has 2 fully saturated rings. The fraction of sp³-hybridized carbons (Fsp3) is 0.409. The summed E-state index contributed by atoms with van der Waals surface area (Å²) in [7, 11) is 6.57. The molecule has 0 aliphatic carbocycles. The first kappa shape index (κ1) is 61.4. The van der Waals surface area contributed by atoms with E-state index in [4.69, 9.17) is 34.2 Å². The number of aliphatic hydroxyl groups excluding tert-OH is 2. The van der Waals surface area contributed by atoms with E-state index in [1.54, 1.807) is 38.2 Å². The van der Waals surface area contributed by atoms with Crippen molar-refractivity contribution in [3.8, 4) is 23.0 Å². The SMILES string of the molecule is COc1ccc(C(OC[C@@H]2C[C@@H](O)CN2C(=O)CCCCCN)(c2ccccc2)c2ccc(OC)cc2)cc1.COc1ccc(C(OC[C@@H]2C[C@@H](O)CN2C(=O)CCCCCNC(C)=O)(c2ccccc2)c2ccc(OC)cc2)cc1. The maximum Gasteiger partial charge on any atom is 0.222 e. The summed E-state index contributed by atoms with van der Waals surface area (Å²) < 4.78 is 35.7. The first-order chi connectivity index (χ1) is 39.4. The van der Waals surface area contributed by atoms with Crippen molar-refractivity contribution in [2.24, 2.45) is 5.73 Å². The van der Waals surface area contributed by atoms with Gasteiger partial charge in [-0.2, -0.15) is 0 Å². The molecule has 2 aliphatic rings. The molecule has 6 aromatic rings. The summed E-state index contributed by atoms with van der Waals surface area (Å²) >= 11 is 0. The molecule has 0 spiro atoms. The molecule has 8 rings (SSSR count). The van der Waals surface area contributed by atoms with Gasteiger partial charge in [0.25, 0.3) is 0 Å². The second kappa shape index (κ2) is 30.5. The summed E-state index contributed by atoms with van der Waals surface area (Å²) in [5, 5.41) is 23.9. The predicted molar refractivity (Wildman–Crippen MR) is 313 cm³/mol. The zero-order chi connectivity index (χ0) is 57.6. The van der Waals surface area contributed by atoms with Crippen molar-refractivity contribution >= 4 is 17.7 Å². The van der Waals surface area contributed by atoms with Crippen molar-refractivity contribution in [2.45, 2.75) is 107 Å². The number of β-amino-alcohol motifs (C(OH)–C–C–N with tert-alkyl or cyclic N) is 2. The van der Waals surface area contributed by atoms with Crippen LogP contribution in [-0.4, -0.2) is 130 Å². The van der Waals surface area contributed by atoms with Crippen molar-refractivity contribution < 1.29 is 53.0 Å². The Morgan fingerprint density at radius 1 is 0.481 bits per heavy atom. The highest BCUT2D eigenvalue weighted by molar-refractivity contribution is 5.77. The van der Waals surface area contributed by atoms with Crippen LogP contribution in [0, 0.1) is 0 Å². The maximum atomic E-state index is 13.3. The molecule has 0 unspecified atom stereocenters. The van der Waals surface area contributed by atoms with Crippen LogP contribution in [0.5, 0.6) is 23.0 Å². The summed E-state index contributed by atoms with van der Waals surface area (Å²) in [5.74, 6) is 3.00. The van der Waals surface area contributed by atoms with Crippen LogP contribution in [0.1, 0.15) is 105 Å². The van der Waals surface area contributed by atoms with Gasteiger partial charge in [0.2, 0.25) is 17.7 Å². The minimum atomic E-state index is -0.994. The number of amides is 3. The zero-order valence-corrected chi connectivity index (χ0v) is 47.7. The van der Waals surface area contributed by atoms with Crippen molar-refractivity contribution in [3.05, 3.63) is 191 Å². The van der Waals surface area contributed by atoms with E-state index in [0.29, 0.717) is 51.9 Å². The molecule has 81 heavy (non-hydrogen) atoms. The number of likely N-dealkylation sites (tertiary alicyclic amines) is 2. The number of nitrogens with zero attached hydrogens (tertiary/aromatic N) is 2. The lowest BCUT2D eigenvalue weighted by Gasteiger charge is -2.38. The first-order valence-corrected chi connectivity index (χ1v) is 28.3.